The Kier molecular flexibility index (Phi) is 5.60. The Bertz CT molecular complexity index is 870. The van der Waals surface area contributed by atoms with Crippen molar-refractivity contribution in [3.05, 3.63) is 51.2 Å². The molecular weight excluding hydrogens is 392 g/mol. The number of carbonyl (C=O) groups is 2. The van der Waals surface area contributed by atoms with Crippen LogP contribution < -0.4 is 16.0 Å². The van der Waals surface area contributed by atoms with Crippen LogP contribution in [0.4, 0.5) is 5.69 Å². The van der Waals surface area contributed by atoms with Gasteiger partial charge in [0.25, 0.3) is 5.69 Å². The lowest BCUT2D eigenvalue weighted by molar-refractivity contribution is -0.384. The van der Waals surface area contributed by atoms with Crippen LogP contribution in [0.1, 0.15) is 44.1 Å². The number of nitro groups is 1. The zero-order chi connectivity index (χ0) is 20.5. The Labute approximate surface area is 173 Å². The first kappa shape index (κ1) is 19.9. The van der Waals surface area contributed by atoms with Gasteiger partial charge in [0.05, 0.1) is 17.0 Å². The lowest BCUT2D eigenvalue weighted by Gasteiger charge is -2.47. The van der Waals surface area contributed by atoms with Crippen LogP contribution in [-0.2, 0) is 9.59 Å². The van der Waals surface area contributed by atoms with Crippen LogP contribution in [0, 0.1) is 16.0 Å². The molecule has 1 saturated heterocycles. The Balaban J connectivity index is 1.73. The number of thioether (sulfide) groups is 1. The molecule has 2 heterocycles. The summed E-state index contributed by atoms with van der Waals surface area (Å²) in [5.74, 6) is -0.0581. The maximum atomic E-state index is 13.1. The lowest BCUT2D eigenvalue weighted by atomic mass is 9.70. The third kappa shape index (κ3) is 3.76. The minimum atomic E-state index is -0.504. The van der Waals surface area contributed by atoms with Crippen molar-refractivity contribution >= 4 is 29.1 Å². The fourth-order valence-corrected chi connectivity index (χ4v) is 5.32. The fourth-order valence-electron chi connectivity index (χ4n) is 4.41. The minimum Gasteiger partial charge on any atom is -0.372 e. The molecule has 4 atom stereocenters. The number of amides is 1. The van der Waals surface area contributed by atoms with Crippen LogP contribution in [0.5, 0.6) is 0 Å². The van der Waals surface area contributed by atoms with E-state index in [1.165, 1.54) is 12.1 Å². The molecule has 1 aliphatic carbocycles. The predicted octanol–water partition coefficient (Wildman–Crippen LogP) is 2.38. The molecule has 0 radical (unpaired) electrons. The van der Waals surface area contributed by atoms with Crippen LogP contribution >= 0.6 is 11.8 Å². The number of hydrogen-bond acceptors (Lipinski definition) is 7. The van der Waals surface area contributed by atoms with Crippen LogP contribution in [0.15, 0.2) is 35.5 Å². The second kappa shape index (κ2) is 8.16. The molecule has 0 spiro atoms. The maximum Gasteiger partial charge on any atom is 0.269 e. The molecular formula is C20H24N4O4S. The van der Waals surface area contributed by atoms with E-state index < -0.39 is 16.8 Å². The van der Waals surface area contributed by atoms with E-state index in [1.54, 1.807) is 23.9 Å². The van der Waals surface area contributed by atoms with Crippen molar-refractivity contribution in [1.82, 2.24) is 16.0 Å². The number of allylic oxidation sites excluding steroid dienone is 2. The van der Waals surface area contributed by atoms with Crippen molar-refractivity contribution < 1.29 is 14.5 Å². The van der Waals surface area contributed by atoms with E-state index in [0.717, 1.165) is 36.3 Å². The first-order chi connectivity index (χ1) is 14.0. The van der Waals surface area contributed by atoms with Gasteiger partial charge in [-0.3, -0.25) is 25.0 Å². The summed E-state index contributed by atoms with van der Waals surface area (Å²) in [6, 6.07) is 6.22. The summed E-state index contributed by atoms with van der Waals surface area (Å²) in [7, 11) is 0. The molecule has 3 aliphatic rings. The van der Waals surface area contributed by atoms with Crippen molar-refractivity contribution in [3.63, 3.8) is 0 Å². The number of benzene rings is 1. The third-order valence-corrected chi connectivity index (χ3v) is 6.91. The quantitative estimate of drug-likeness (QED) is 0.499. The zero-order valence-electron chi connectivity index (χ0n) is 16.1. The van der Waals surface area contributed by atoms with Crippen LogP contribution in [0.3, 0.4) is 0 Å². The van der Waals surface area contributed by atoms with Gasteiger partial charge in [0.1, 0.15) is 5.50 Å². The average molecular weight is 417 g/mol. The van der Waals surface area contributed by atoms with E-state index in [-0.39, 0.29) is 29.0 Å². The number of carbonyl (C=O) groups excluding carboxylic acids is 2. The summed E-state index contributed by atoms with van der Waals surface area (Å²) in [4.78, 5) is 36.5. The fraction of sp³-hybridized carbons (Fsp3) is 0.500. The van der Waals surface area contributed by atoms with Gasteiger partial charge in [-0.25, -0.2) is 0 Å². The second-order valence-corrected chi connectivity index (χ2v) is 8.78. The highest BCUT2D eigenvalue weighted by atomic mass is 32.2. The van der Waals surface area contributed by atoms with Gasteiger partial charge in [-0.15, -0.1) is 11.8 Å². The van der Waals surface area contributed by atoms with E-state index in [9.17, 15) is 19.7 Å². The van der Waals surface area contributed by atoms with Crippen LogP contribution in [0.25, 0.3) is 0 Å². The molecule has 4 rings (SSSR count). The summed E-state index contributed by atoms with van der Waals surface area (Å²) in [6.45, 7) is 2.09. The normalized spacial score (nSPS) is 28.9. The minimum absolute atomic E-state index is 0.00865. The predicted molar refractivity (Wildman–Crippen MR) is 110 cm³/mol. The molecule has 1 amide bonds. The zero-order valence-corrected chi connectivity index (χ0v) is 17.0. The number of fused-ring (bicyclic) bond motifs is 1. The molecule has 2 aliphatic heterocycles. The number of nitro benzene ring substituents is 1. The third-order valence-electron chi connectivity index (χ3n) is 5.67. The highest BCUT2D eigenvalue weighted by molar-refractivity contribution is 7.99. The first-order valence-electron chi connectivity index (χ1n) is 9.94. The van der Waals surface area contributed by atoms with Gasteiger partial charge in [-0.05, 0) is 30.6 Å². The van der Waals surface area contributed by atoms with Gasteiger partial charge in [0, 0.05) is 35.7 Å². The maximum absolute atomic E-state index is 13.1. The molecule has 0 saturated carbocycles. The number of Topliss-reactive ketones (excluding diaryl/α,β-unsaturated/α-hetero) is 1. The molecule has 29 heavy (non-hydrogen) atoms. The standard InChI is InChI=1S/C20H24N4O4S/c1-2-10-29-20-22-18-17(19(26)23-20)15(11-6-8-12(9-7-11)24(27)28)16-13(21-18)4-3-5-14(16)25/h6-9,15,17-18,20-22H,2-5,10H2,1H3,(H,23,26). The Morgan fingerprint density at radius 1 is 1.17 bits per heavy atom. The summed E-state index contributed by atoms with van der Waals surface area (Å²) in [5.41, 5.74) is 2.11. The second-order valence-electron chi connectivity index (χ2n) is 7.57. The number of rotatable bonds is 5. The summed E-state index contributed by atoms with van der Waals surface area (Å²) >= 11 is 1.65. The van der Waals surface area contributed by atoms with Crippen LogP contribution in [-0.4, -0.2) is 34.0 Å². The molecule has 9 heteroatoms. The van der Waals surface area contributed by atoms with Crippen molar-refractivity contribution in [3.8, 4) is 0 Å². The first-order valence-corrected chi connectivity index (χ1v) is 11.0. The van der Waals surface area contributed by atoms with Crippen molar-refractivity contribution in [2.24, 2.45) is 5.92 Å². The van der Waals surface area contributed by atoms with Crippen molar-refractivity contribution in [1.29, 1.82) is 0 Å². The number of nitrogens with one attached hydrogen (secondary N) is 3. The van der Waals surface area contributed by atoms with E-state index in [0.29, 0.717) is 12.0 Å². The summed E-state index contributed by atoms with van der Waals surface area (Å²) < 4.78 is 0. The molecule has 8 nitrogen and oxygen atoms in total. The van der Waals surface area contributed by atoms with Gasteiger partial charge < -0.3 is 10.6 Å². The molecule has 1 fully saturated rings. The van der Waals surface area contributed by atoms with Gasteiger partial charge in [-0.2, -0.15) is 0 Å². The van der Waals surface area contributed by atoms with Crippen LogP contribution in [0.2, 0.25) is 0 Å². The van der Waals surface area contributed by atoms with E-state index in [1.807, 2.05) is 0 Å². The van der Waals surface area contributed by atoms with E-state index >= 15 is 0 Å². The number of nitrogens with zero attached hydrogens (tertiary/aromatic N) is 1. The Morgan fingerprint density at radius 2 is 1.93 bits per heavy atom. The van der Waals surface area contributed by atoms with Gasteiger partial charge in [0.2, 0.25) is 5.91 Å². The Morgan fingerprint density at radius 3 is 2.62 bits per heavy atom. The largest absolute Gasteiger partial charge is 0.372 e. The molecule has 154 valence electrons. The average Bonchev–Trinajstić information content (AvgIpc) is 2.71. The highest BCUT2D eigenvalue weighted by Crippen LogP contribution is 2.44. The summed E-state index contributed by atoms with van der Waals surface area (Å²) in [5, 5.41) is 20.9. The molecule has 0 bridgehead atoms. The number of hydrogen-bond donors (Lipinski definition) is 3. The van der Waals surface area contributed by atoms with Gasteiger partial charge in [0.15, 0.2) is 5.78 Å². The molecule has 0 aromatic heterocycles. The lowest BCUT2D eigenvalue weighted by Crippen LogP contribution is -2.67. The number of ketones is 1. The van der Waals surface area contributed by atoms with Gasteiger partial charge in [-0.1, -0.05) is 19.1 Å². The number of non-ortho nitro benzene ring substituents is 1. The SMILES string of the molecule is CCCSC1NC(=O)C2C(NC3=C(C(=O)CCC3)C2c2ccc([N+](=O)[O-])cc2)N1. The van der Waals surface area contributed by atoms with E-state index in [4.69, 9.17) is 0 Å². The van der Waals surface area contributed by atoms with Gasteiger partial charge >= 0.3 is 0 Å². The highest BCUT2D eigenvalue weighted by Gasteiger charge is 2.49. The van der Waals surface area contributed by atoms with E-state index in [2.05, 4.69) is 22.9 Å². The monoisotopic (exact) mass is 416 g/mol. The van der Waals surface area contributed by atoms with Crippen molar-refractivity contribution in [2.45, 2.75) is 50.2 Å². The molecule has 3 N–H and O–H groups in total. The Hall–Kier alpha value is -2.39. The smallest absolute Gasteiger partial charge is 0.269 e. The molecule has 1 aromatic rings. The molecule has 1 aromatic carbocycles. The summed E-state index contributed by atoms with van der Waals surface area (Å²) in [6.07, 6.45) is 2.74. The molecule has 4 unspecified atom stereocenters. The topological polar surface area (TPSA) is 113 Å². The van der Waals surface area contributed by atoms with Crippen molar-refractivity contribution in [2.75, 3.05) is 5.75 Å².